The number of carbonyl (C=O) groups excluding carboxylic acids is 2. The fourth-order valence-electron chi connectivity index (χ4n) is 2.37. The maximum absolute atomic E-state index is 11.9. The molecule has 0 aliphatic carbocycles. The lowest BCUT2D eigenvalue weighted by atomic mass is 10.1. The van der Waals surface area contributed by atoms with E-state index in [2.05, 4.69) is 0 Å². The Bertz CT molecular complexity index is 588. The van der Waals surface area contributed by atoms with Crippen LogP contribution in [0.15, 0.2) is 12.1 Å². The van der Waals surface area contributed by atoms with Gasteiger partial charge in [-0.2, -0.15) is 0 Å². The molecule has 0 aliphatic heterocycles. The van der Waals surface area contributed by atoms with Crippen molar-refractivity contribution in [2.24, 2.45) is 0 Å². The van der Waals surface area contributed by atoms with E-state index in [-0.39, 0.29) is 23.8 Å². The van der Waals surface area contributed by atoms with E-state index in [0.29, 0.717) is 31.1 Å². The zero-order valence-electron chi connectivity index (χ0n) is 15.8. The number of esters is 2. The molecule has 0 aromatic heterocycles. The van der Waals surface area contributed by atoms with Crippen LogP contribution in [0.3, 0.4) is 0 Å². The van der Waals surface area contributed by atoms with E-state index in [1.807, 2.05) is 0 Å². The highest BCUT2D eigenvalue weighted by Crippen LogP contribution is 2.32. The average molecular weight is 367 g/mol. The van der Waals surface area contributed by atoms with Crippen LogP contribution in [0.5, 0.6) is 11.5 Å². The molecule has 0 radical (unpaired) electrons. The molecule has 0 atom stereocenters. The number of unbranched alkanes of at least 4 members (excludes halogenated alkanes) is 3. The molecule has 0 spiro atoms. The molecule has 0 heterocycles. The molecule has 1 rings (SSSR count). The highest BCUT2D eigenvalue weighted by atomic mass is 16.5. The maximum atomic E-state index is 11.9. The van der Waals surface area contributed by atoms with Crippen LogP contribution < -0.4 is 15.2 Å². The number of benzene rings is 1. The van der Waals surface area contributed by atoms with E-state index in [4.69, 9.17) is 24.7 Å². The van der Waals surface area contributed by atoms with Gasteiger partial charge in [-0.15, -0.1) is 0 Å². The summed E-state index contributed by atoms with van der Waals surface area (Å²) in [6.45, 7) is 4.72. The van der Waals surface area contributed by atoms with Gasteiger partial charge < -0.3 is 24.7 Å². The molecular weight excluding hydrogens is 338 g/mol. The first-order chi connectivity index (χ1) is 12.5. The minimum atomic E-state index is -0.489. The van der Waals surface area contributed by atoms with Crippen LogP contribution in [0.1, 0.15) is 56.3 Å². The standard InChI is InChI=1S/C19H29NO6/c1-4-24-18(21)10-8-6-7-9-11-26-17-13-15(20)14(12-16(17)23-3)19(22)25-5-2/h12-13H,4-11,20H2,1-3H3. The zero-order chi connectivity index (χ0) is 19.4. The summed E-state index contributed by atoms with van der Waals surface area (Å²) in [5.74, 6) is 0.288. The van der Waals surface area contributed by atoms with Gasteiger partial charge in [0.2, 0.25) is 0 Å². The Balaban J connectivity index is 2.44. The summed E-state index contributed by atoms with van der Waals surface area (Å²) < 4.78 is 20.8. The molecule has 0 amide bonds. The number of carbonyl (C=O) groups is 2. The smallest absolute Gasteiger partial charge is 0.340 e. The predicted octanol–water partition coefficient (Wildman–Crippen LogP) is 3.35. The van der Waals surface area contributed by atoms with E-state index >= 15 is 0 Å². The van der Waals surface area contributed by atoms with Gasteiger partial charge in [-0.25, -0.2) is 4.79 Å². The van der Waals surface area contributed by atoms with E-state index in [9.17, 15) is 9.59 Å². The minimum absolute atomic E-state index is 0.148. The number of hydrogen-bond donors (Lipinski definition) is 1. The number of ether oxygens (including phenoxy) is 4. The predicted molar refractivity (Wildman–Crippen MR) is 98.6 cm³/mol. The Morgan fingerprint density at radius 3 is 2.31 bits per heavy atom. The van der Waals surface area contributed by atoms with Crippen molar-refractivity contribution in [1.82, 2.24) is 0 Å². The van der Waals surface area contributed by atoms with Crippen LogP contribution in [0.4, 0.5) is 5.69 Å². The maximum Gasteiger partial charge on any atom is 0.340 e. The van der Waals surface area contributed by atoms with Crippen molar-refractivity contribution in [3.05, 3.63) is 17.7 Å². The van der Waals surface area contributed by atoms with Gasteiger partial charge in [0.15, 0.2) is 11.5 Å². The topological polar surface area (TPSA) is 97.1 Å². The second-order valence-corrected chi connectivity index (χ2v) is 5.63. The SMILES string of the molecule is CCOC(=O)CCCCCCOc1cc(N)c(C(=O)OCC)cc1OC. The number of methoxy groups -OCH3 is 1. The van der Waals surface area contributed by atoms with Gasteiger partial charge in [-0.3, -0.25) is 4.79 Å². The molecule has 0 saturated carbocycles. The number of nitrogens with two attached hydrogens (primary N) is 1. The van der Waals surface area contributed by atoms with Gasteiger partial charge in [0, 0.05) is 18.6 Å². The van der Waals surface area contributed by atoms with Crippen LogP contribution in [0, 0.1) is 0 Å². The van der Waals surface area contributed by atoms with E-state index < -0.39 is 5.97 Å². The van der Waals surface area contributed by atoms with Crippen molar-refractivity contribution in [2.75, 3.05) is 32.7 Å². The van der Waals surface area contributed by atoms with Gasteiger partial charge in [0.05, 0.1) is 38.2 Å². The van der Waals surface area contributed by atoms with E-state index in [1.165, 1.54) is 13.2 Å². The molecular formula is C19H29NO6. The third-order valence-corrected chi connectivity index (χ3v) is 3.67. The first-order valence-electron chi connectivity index (χ1n) is 8.96. The summed E-state index contributed by atoms with van der Waals surface area (Å²) in [6.07, 6.45) is 3.98. The Hall–Kier alpha value is -2.44. The summed E-state index contributed by atoms with van der Waals surface area (Å²) in [5.41, 5.74) is 6.46. The number of nitrogen functional groups attached to an aromatic ring is 1. The average Bonchev–Trinajstić information content (AvgIpc) is 2.61. The molecule has 0 aliphatic rings. The van der Waals surface area contributed by atoms with Gasteiger partial charge in [0.25, 0.3) is 0 Å². The second kappa shape index (κ2) is 12.0. The molecule has 0 saturated heterocycles. The normalized spacial score (nSPS) is 10.3. The zero-order valence-corrected chi connectivity index (χ0v) is 15.8. The number of hydrogen-bond acceptors (Lipinski definition) is 7. The summed E-state index contributed by atoms with van der Waals surface area (Å²) in [5, 5.41) is 0. The minimum Gasteiger partial charge on any atom is -0.493 e. The van der Waals surface area contributed by atoms with E-state index in [0.717, 1.165) is 25.7 Å². The van der Waals surface area contributed by atoms with Gasteiger partial charge in [-0.1, -0.05) is 12.8 Å². The van der Waals surface area contributed by atoms with Crippen LogP contribution in [-0.2, 0) is 14.3 Å². The first kappa shape index (κ1) is 21.6. The molecule has 7 nitrogen and oxygen atoms in total. The lowest BCUT2D eigenvalue weighted by Crippen LogP contribution is -2.09. The quantitative estimate of drug-likeness (QED) is 0.344. The fraction of sp³-hybridized carbons (Fsp3) is 0.579. The Morgan fingerprint density at radius 1 is 0.962 bits per heavy atom. The monoisotopic (exact) mass is 367 g/mol. The largest absolute Gasteiger partial charge is 0.493 e. The Kier molecular flexibility index (Phi) is 9.97. The molecule has 1 aromatic rings. The fourth-order valence-corrected chi connectivity index (χ4v) is 2.37. The van der Waals surface area contributed by atoms with Crippen molar-refractivity contribution in [3.63, 3.8) is 0 Å². The summed E-state index contributed by atoms with van der Waals surface area (Å²) in [4.78, 5) is 23.1. The molecule has 1 aromatic carbocycles. The molecule has 2 N–H and O–H groups in total. The number of anilines is 1. The summed E-state index contributed by atoms with van der Waals surface area (Å²) >= 11 is 0. The van der Waals surface area contributed by atoms with Gasteiger partial charge >= 0.3 is 11.9 Å². The van der Waals surface area contributed by atoms with Crippen molar-refractivity contribution < 1.29 is 28.5 Å². The molecule has 0 bridgehead atoms. The molecule has 0 fully saturated rings. The van der Waals surface area contributed by atoms with Crippen LogP contribution in [0.25, 0.3) is 0 Å². The van der Waals surface area contributed by atoms with Crippen LogP contribution in [0.2, 0.25) is 0 Å². The first-order valence-corrected chi connectivity index (χ1v) is 8.96. The summed E-state index contributed by atoms with van der Waals surface area (Å²) in [7, 11) is 1.50. The lowest BCUT2D eigenvalue weighted by Gasteiger charge is -2.14. The molecule has 0 unspecified atom stereocenters. The molecule has 146 valence electrons. The third kappa shape index (κ3) is 7.21. The second-order valence-electron chi connectivity index (χ2n) is 5.63. The molecule has 26 heavy (non-hydrogen) atoms. The van der Waals surface area contributed by atoms with Crippen molar-refractivity contribution in [2.45, 2.75) is 46.0 Å². The highest BCUT2D eigenvalue weighted by molar-refractivity contribution is 5.96. The van der Waals surface area contributed by atoms with E-state index in [1.54, 1.807) is 19.9 Å². The summed E-state index contributed by atoms with van der Waals surface area (Å²) in [6, 6.07) is 3.11. The van der Waals surface area contributed by atoms with Gasteiger partial charge in [-0.05, 0) is 26.7 Å². The van der Waals surface area contributed by atoms with Crippen molar-refractivity contribution in [3.8, 4) is 11.5 Å². The van der Waals surface area contributed by atoms with Crippen molar-refractivity contribution in [1.29, 1.82) is 0 Å². The Morgan fingerprint density at radius 2 is 1.65 bits per heavy atom. The highest BCUT2D eigenvalue weighted by Gasteiger charge is 2.16. The third-order valence-electron chi connectivity index (χ3n) is 3.67. The molecule has 7 heteroatoms. The van der Waals surface area contributed by atoms with Crippen LogP contribution in [-0.4, -0.2) is 38.9 Å². The lowest BCUT2D eigenvalue weighted by molar-refractivity contribution is -0.143. The van der Waals surface area contributed by atoms with Crippen molar-refractivity contribution >= 4 is 17.6 Å². The Labute approximate surface area is 154 Å². The van der Waals surface area contributed by atoms with Gasteiger partial charge in [0.1, 0.15) is 0 Å². The number of rotatable bonds is 12. The van der Waals surface area contributed by atoms with Crippen LogP contribution >= 0.6 is 0 Å².